The summed E-state index contributed by atoms with van der Waals surface area (Å²) < 4.78 is 9.39. The molecule has 0 saturated heterocycles. The molecule has 0 saturated carbocycles. The molecule has 0 radical (unpaired) electrons. The molecule has 2 aromatic rings. The topological polar surface area (TPSA) is 78.2 Å². The second-order valence-corrected chi connectivity index (χ2v) is 4.45. The van der Waals surface area contributed by atoms with Gasteiger partial charge in [-0.15, -0.1) is 0 Å². The molecule has 94 valence electrons. The van der Waals surface area contributed by atoms with Gasteiger partial charge in [0.2, 0.25) is 5.75 Å². The summed E-state index contributed by atoms with van der Waals surface area (Å²) in [6.07, 6.45) is 0.683. The highest BCUT2D eigenvalue weighted by molar-refractivity contribution is 7.07. The number of aryl methyl sites for hydroxylation is 1. The lowest BCUT2D eigenvalue weighted by molar-refractivity contribution is -0.385. The van der Waals surface area contributed by atoms with E-state index in [9.17, 15) is 10.1 Å². The molecule has 0 N–H and O–H groups in total. The fraction of sp³-hybridized carbons (Fsp3) is 0.200. The zero-order chi connectivity index (χ0) is 13.1. The van der Waals surface area contributed by atoms with Crippen molar-refractivity contribution < 1.29 is 9.66 Å². The van der Waals surface area contributed by atoms with Crippen LogP contribution in [0.5, 0.6) is 10.9 Å². The largest absolute Gasteiger partial charge is 0.422 e. The number of nitro benzene ring substituents is 1. The van der Waals surface area contributed by atoms with E-state index in [2.05, 4.69) is 9.36 Å². The minimum absolute atomic E-state index is 0.100. The smallest absolute Gasteiger partial charge is 0.313 e. The van der Waals surface area contributed by atoms with Crippen molar-refractivity contribution >= 4 is 28.8 Å². The zero-order valence-corrected chi connectivity index (χ0v) is 10.9. The van der Waals surface area contributed by atoms with Crippen LogP contribution in [0.25, 0.3) is 0 Å². The Kier molecular flexibility index (Phi) is 3.73. The van der Waals surface area contributed by atoms with Crippen molar-refractivity contribution in [2.45, 2.75) is 13.3 Å². The van der Waals surface area contributed by atoms with E-state index in [1.165, 1.54) is 18.2 Å². The van der Waals surface area contributed by atoms with Gasteiger partial charge >= 0.3 is 5.69 Å². The van der Waals surface area contributed by atoms with E-state index in [0.717, 1.165) is 11.5 Å². The summed E-state index contributed by atoms with van der Waals surface area (Å²) in [5, 5.41) is 11.4. The summed E-state index contributed by atoms with van der Waals surface area (Å²) in [5.41, 5.74) is -0.198. The van der Waals surface area contributed by atoms with Gasteiger partial charge in [-0.25, -0.2) is 0 Å². The van der Waals surface area contributed by atoms with Crippen LogP contribution in [0.4, 0.5) is 5.69 Å². The van der Waals surface area contributed by atoms with Crippen molar-refractivity contribution in [3.05, 3.63) is 39.2 Å². The summed E-state index contributed by atoms with van der Waals surface area (Å²) in [6.45, 7) is 1.91. The third kappa shape index (κ3) is 2.74. The van der Waals surface area contributed by atoms with Crippen molar-refractivity contribution in [3.63, 3.8) is 0 Å². The average Bonchev–Trinajstić information content (AvgIpc) is 2.79. The van der Waals surface area contributed by atoms with Crippen LogP contribution in [-0.4, -0.2) is 14.3 Å². The van der Waals surface area contributed by atoms with E-state index < -0.39 is 4.92 Å². The predicted molar refractivity (Wildman–Crippen MR) is 67.5 cm³/mol. The van der Waals surface area contributed by atoms with E-state index >= 15 is 0 Å². The molecule has 1 aromatic heterocycles. The van der Waals surface area contributed by atoms with Gasteiger partial charge in [0.25, 0.3) is 5.19 Å². The quantitative estimate of drug-likeness (QED) is 0.635. The van der Waals surface area contributed by atoms with Gasteiger partial charge in [-0.3, -0.25) is 10.1 Å². The number of benzene rings is 1. The van der Waals surface area contributed by atoms with Gasteiger partial charge in [-0.05, 0) is 12.1 Å². The Bertz CT molecular complexity index is 587. The molecule has 0 atom stereocenters. The minimum atomic E-state index is -0.553. The molecule has 0 spiro atoms. The van der Waals surface area contributed by atoms with Crippen LogP contribution < -0.4 is 4.74 Å². The SMILES string of the molecule is CCc1nsc(Oc2ccc(Cl)cc2[N+](=O)[O-])n1. The van der Waals surface area contributed by atoms with Gasteiger partial charge in [-0.2, -0.15) is 9.36 Å². The van der Waals surface area contributed by atoms with Crippen LogP contribution in [0, 0.1) is 10.1 Å². The monoisotopic (exact) mass is 285 g/mol. The van der Waals surface area contributed by atoms with Gasteiger partial charge in [0.15, 0.2) is 0 Å². The molecule has 1 heterocycles. The Morgan fingerprint density at radius 2 is 2.33 bits per heavy atom. The molecule has 0 aliphatic rings. The Morgan fingerprint density at radius 3 is 2.94 bits per heavy atom. The van der Waals surface area contributed by atoms with Crippen LogP contribution in [-0.2, 0) is 6.42 Å². The number of aromatic nitrogens is 2. The molecule has 2 rings (SSSR count). The molecule has 0 bridgehead atoms. The molecule has 1 aromatic carbocycles. The molecule has 0 aliphatic heterocycles. The maximum atomic E-state index is 10.9. The summed E-state index contributed by atoms with van der Waals surface area (Å²) in [6, 6.07) is 4.19. The van der Waals surface area contributed by atoms with E-state index in [-0.39, 0.29) is 21.7 Å². The van der Waals surface area contributed by atoms with Gasteiger partial charge < -0.3 is 4.74 Å². The number of nitrogens with zero attached hydrogens (tertiary/aromatic N) is 3. The number of hydrogen-bond donors (Lipinski definition) is 0. The first-order valence-electron chi connectivity index (χ1n) is 5.04. The Labute approximate surface area is 112 Å². The first kappa shape index (κ1) is 12.7. The van der Waals surface area contributed by atoms with Crippen molar-refractivity contribution in [1.29, 1.82) is 0 Å². The zero-order valence-electron chi connectivity index (χ0n) is 9.29. The summed E-state index contributed by atoms with van der Waals surface area (Å²) in [4.78, 5) is 14.4. The van der Waals surface area contributed by atoms with Gasteiger partial charge in [0, 0.05) is 29.0 Å². The predicted octanol–water partition coefficient (Wildman–Crippen LogP) is 3.45. The second kappa shape index (κ2) is 5.28. The molecular formula is C10H8ClN3O3S. The normalized spacial score (nSPS) is 10.3. The molecule has 6 nitrogen and oxygen atoms in total. The highest BCUT2D eigenvalue weighted by Gasteiger charge is 2.17. The lowest BCUT2D eigenvalue weighted by Crippen LogP contribution is -1.93. The Hall–Kier alpha value is -1.73. The Morgan fingerprint density at radius 1 is 1.56 bits per heavy atom. The van der Waals surface area contributed by atoms with E-state index in [1.54, 1.807) is 0 Å². The molecule has 0 fully saturated rings. The molecular weight excluding hydrogens is 278 g/mol. The molecule has 8 heteroatoms. The van der Waals surface area contributed by atoms with Crippen molar-refractivity contribution in [3.8, 4) is 10.9 Å². The third-order valence-electron chi connectivity index (χ3n) is 2.08. The lowest BCUT2D eigenvalue weighted by atomic mass is 10.3. The summed E-state index contributed by atoms with van der Waals surface area (Å²) in [7, 11) is 0. The highest BCUT2D eigenvalue weighted by atomic mass is 35.5. The maximum Gasteiger partial charge on any atom is 0.313 e. The first-order valence-corrected chi connectivity index (χ1v) is 6.19. The molecule has 0 aliphatic carbocycles. The number of nitro groups is 1. The van der Waals surface area contributed by atoms with E-state index in [1.807, 2.05) is 6.92 Å². The fourth-order valence-corrected chi connectivity index (χ4v) is 2.03. The molecule has 0 amide bonds. The van der Waals surface area contributed by atoms with E-state index in [0.29, 0.717) is 12.2 Å². The minimum Gasteiger partial charge on any atom is -0.422 e. The van der Waals surface area contributed by atoms with Crippen LogP contribution in [0.2, 0.25) is 5.02 Å². The van der Waals surface area contributed by atoms with Crippen molar-refractivity contribution in [2.24, 2.45) is 0 Å². The van der Waals surface area contributed by atoms with E-state index in [4.69, 9.17) is 16.3 Å². The van der Waals surface area contributed by atoms with Gasteiger partial charge in [0.1, 0.15) is 5.82 Å². The summed E-state index contributed by atoms with van der Waals surface area (Å²) >= 11 is 6.76. The molecule has 18 heavy (non-hydrogen) atoms. The van der Waals surface area contributed by atoms with Crippen LogP contribution >= 0.6 is 23.1 Å². The van der Waals surface area contributed by atoms with Gasteiger partial charge in [-0.1, -0.05) is 18.5 Å². The van der Waals surface area contributed by atoms with Crippen molar-refractivity contribution in [2.75, 3.05) is 0 Å². The first-order chi connectivity index (χ1) is 8.60. The lowest BCUT2D eigenvalue weighted by Gasteiger charge is -2.02. The maximum absolute atomic E-state index is 10.9. The van der Waals surface area contributed by atoms with Crippen molar-refractivity contribution in [1.82, 2.24) is 9.36 Å². The standard InChI is InChI=1S/C10H8ClN3O3S/c1-2-9-12-10(18-13-9)17-8-4-3-6(11)5-7(8)14(15)16/h3-5H,2H2,1H3. The van der Waals surface area contributed by atoms with Crippen LogP contribution in [0.3, 0.4) is 0 Å². The number of hydrogen-bond acceptors (Lipinski definition) is 6. The third-order valence-corrected chi connectivity index (χ3v) is 2.95. The number of halogens is 1. The molecule has 0 unspecified atom stereocenters. The number of ether oxygens (including phenoxy) is 1. The van der Waals surface area contributed by atoms with Crippen LogP contribution in [0.15, 0.2) is 18.2 Å². The highest BCUT2D eigenvalue weighted by Crippen LogP contribution is 2.33. The van der Waals surface area contributed by atoms with Crippen LogP contribution in [0.1, 0.15) is 12.7 Å². The summed E-state index contributed by atoms with van der Waals surface area (Å²) in [5.74, 6) is 0.745. The fourth-order valence-electron chi connectivity index (χ4n) is 1.24. The second-order valence-electron chi connectivity index (χ2n) is 3.30. The number of rotatable bonds is 4. The van der Waals surface area contributed by atoms with Gasteiger partial charge in [0.05, 0.1) is 4.92 Å². The average molecular weight is 286 g/mol. The Balaban J connectivity index is 2.30.